The zero-order chi connectivity index (χ0) is 12.6. The summed E-state index contributed by atoms with van der Waals surface area (Å²) in [4.78, 5) is 26.1. The Bertz CT molecular complexity index is 640. The molecule has 3 N–H and O–H groups in total. The molecular formula is C11H7ClN2O3. The number of hydrogen-bond acceptors (Lipinski definition) is 3. The van der Waals surface area contributed by atoms with E-state index in [2.05, 4.69) is 4.98 Å². The molecule has 0 fully saturated rings. The van der Waals surface area contributed by atoms with Gasteiger partial charge < -0.3 is 10.8 Å². The number of pyridine rings is 1. The van der Waals surface area contributed by atoms with Crippen molar-refractivity contribution in [2.45, 2.75) is 0 Å². The van der Waals surface area contributed by atoms with Crippen LogP contribution in [-0.4, -0.2) is 22.0 Å². The summed E-state index contributed by atoms with van der Waals surface area (Å²) < 4.78 is 0. The molecule has 1 aromatic heterocycles. The molecule has 0 radical (unpaired) electrons. The van der Waals surface area contributed by atoms with Crippen LogP contribution in [-0.2, 0) is 0 Å². The maximum absolute atomic E-state index is 11.1. The lowest BCUT2D eigenvalue weighted by atomic mass is 10.1. The van der Waals surface area contributed by atoms with Gasteiger partial charge in [0.1, 0.15) is 5.69 Å². The first-order chi connectivity index (χ1) is 7.99. The smallest absolute Gasteiger partial charge is 0.336 e. The van der Waals surface area contributed by atoms with Crippen molar-refractivity contribution in [1.82, 2.24) is 4.98 Å². The van der Waals surface area contributed by atoms with Crippen LogP contribution in [0, 0.1) is 0 Å². The van der Waals surface area contributed by atoms with Crippen molar-refractivity contribution in [1.29, 1.82) is 0 Å². The van der Waals surface area contributed by atoms with Crippen LogP contribution in [0.2, 0.25) is 5.02 Å². The first-order valence-electron chi connectivity index (χ1n) is 4.62. The van der Waals surface area contributed by atoms with E-state index < -0.39 is 11.9 Å². The highest BCUT2D eigenvalue weighted by Gasteiger charge is 2.14. The Morgan fingerprint density at radius 1 is 1.29 bits per heavy atom. The van der Waals surface area contributed by atoms with E-state index in [1.807, 2.05) is 0 Å². The Morgan fingerprint density at radius 2 is 2.00 bits per heavy atom. The van der Waals surface area contributed by atoms with Crippen molar-refractivity contribution in [3.63, 3.8) is 0 Å². The number of amides is 1. The molecule has 0 saturated carbocycles. The first-order valence-corrected chi connectivity index (χ1v) is 5.00. The van der Waals surface area contributed by atoms with Crippen LogP contribution in [0.4, 0.5) is 0 Å². The molecule has 0 atom stereocenters. The summed E-state index contributed by atoms with van der Waals surface area (Å²) in [5.74, 6) is -1.94. The maximum Gasteiger partial charge on any atom is 0.336 e. The zero-order valence-electron chi connectivity index (χ0n) is 8.48. The van der Waals surface area contributed by atoms with Gasteiger partial charge in [0.2, 0.25) is 0 Å². The highest BCUT2D eigenvalue weighted by atomic mass is 35.5. The predicted molar refractivity (Wildman–Crippen MR) is 62.2 cm³/mol. The standard InChI is InChI=1S/C11H7ClN2O3/c12-5-1-2-8-6(3-5)7(11(16)17)4-9(14-8)10(13)15/h1-4H,(H2,13,15)(H,16,17). The Hall–Kier alpha value is -2.14. The van der Waals surface area contributed by atoms with Crippen LogP contribution < -0.4 is 5.73 Å². The number of carboxylic acids is 1. The molecule has 0 aliphatic rings. The van der Waals surface area contributed by atoms with Crippen LogP contribution in [0.25, 0.3) is 10.9 Å². The number of halogens is 1. The molecule has 2 rings (SSSR count). The number of carbonyl (C=O) groups excluding carboxylic acids is 1. The lowest BCUT2D eigenvalue weighted by Gasteiger charge is -2.04. The van der Waals surface area contributed by atoms with Gasteiger partial charge >= 0.3 is 5.97 Å². The van der Waals surface area contributed by atoms with E-state index in [-0.39, 0.29) is 11.3 Å². The molecule has 86 valence electrons. The second-order valence-corrected chi connectivity index (χ2v) is 3.82. The fourth-order valence-electron chi connectivity index (χ4n) is 1.50. The van der Waals surface area contributed by atoms with E-state index in [1.165, 1.54) is 12.1 Å². The van der Waals surface area contributed by atoms with Crippen molar-refractivity contribution >= 4 is 34.4 Å². The minimum atomic E-state index is -1.16. The number of nitrogens with zero attached hydrogens (tertiary/aromatic N) is 1. The van der Waals surface area contributed by atoms with E-state index in [1.54, 1.807) is 6.07 Å². The summed E-state index contributed by atoms with van der Waals surface area (Å²) in [6.07, 6.45) is 0. The SMILES string of the molecule is NC(=O)c1cc(C(=O)O)c2cc(Cl)ccc2n1. The normalized spacial score (nSPS) is 10.4. The number of hydrogen-bond donors (Lipinski definition) is 2. The molecule has 0 spiro atoms. The molecular weight excluding hydrogens is 244 g/mol. The van der Waals surface area contributed by atoms with E-state index >= 15 is 0 Å². The van der Waals surface area contributed by atoms with Crippen molar-refractivity contribution in [3.05, 3.63) is 40.5 Å². The fraction of sp³-hybridized carbons (Fsp3) is 0. The van der Waals surface area contributed by atoms with Crippen LogP contribution >= 0.6 is 11.6 Å². The quantitative estimate of drug-likeness (QED) is 0.848. The van der Waals surface area contributed by atoms with Crippen molar-refractivity contribution in [2.75, 3.05) is 0 Å². The van der Waals surface area contributed by atoms with Gasteiger partial charge in [0.25, 0.3) is 5.91 Å². The van der Waals surface area contributed by atoms with Gasteiger partial charge in [0, 0.05) is 10.4 Å². The molecule has 0 unspecified atom stereocenters. The number of aromatic nitrogens is 1. The Morgan fingerprint density at radius 3 is 2.59 bits per heavy atom. The minimum Gasteiger partial charge on any atom is -0.478 e. The first kappa shape index (κ1) is 11.3. The van der Waals surface area contributed by atoms with E-state index in [0.717, 1.165) is 6.07 Å². The molecule has 6 heteroatoms. The predicted octanol–water partition coefficient (Wildman–Crippen LogP) is 1.69. The molecule has 5 nitrogen and oxygen atoms in total. The van der Waals surface area contributed by atoms with Gasteiger partial charge in [0.05, 0.1) is 11.1 Å². The fourth-order valence-corrected chi connectivity index (χ4v) is 1.67. The summed E-state index contributed by atoms with van der Waals surface area (Å²) in [5.41, 5.74) is 5.31. The summed E-state index contributed by atoms with van der Waals surface area (Å²) in [6, 6.07) is 5.73. The van der Waals surface area contributed by atoms with Crippen LogP contribution in [0.15, 0.2) is 24.3 Å². The van der Waals surface area contributed by atoms with Gasteiger partial charge in [-0.2, -0.15) is 0 Å². The van der Waals surface area contributed by atoms with E-state index in [4.69, 9.17) is 22.4 Å². The molecule has 0 saturated heterocycles. The number of carbonyl (C=O) groups is 2. The van der Waals surface area contributed by atoms with Gasteiger partial charge in [0.15, 0.2) is 0 Å². The second-order valence-electron chi connectivity index (χ2n) is 3.39. The molecule has 0 aliphatic heterocycles. The average molecular weight is 251 g/mol. The maximum atomic E-state index is 11.1. The van der Waals surface area contributed by atoms with Crippen LogP contribution in [0.3, 0.4) is 0 Å². The van der Waals surface area contributed by atoms with Crippen LogP contribution in [0.5, 0.6) is 0 Å². The van der Waals surface area contributed by atoms with Crippen molar-refractivity contribution < 1.29 is 14.7 Å². The minimum absolute atomic E-state index is 0.0497. The third-order valence-corrected chi connectivity index (χ3v) is 2.49. The number of benzene rings is 1. The number of fused-ring (bicyclic) bond motifs is 1. The zero-order valence-corrected chi connectivity index (χ0v) is 9.23. The van der Waals surface area contributed by atoms with Crippen LogP contribution in [0.1, 0.15) is 20.8 Å². The second kappa shape index (κ2) is 4.03. The van der Waals surface area contributed by atoms with Gasteiger partial charge in [-0.05, 0) is 24.3 Å². The Balaban J connectivity index is 2.86. The number of primary amides is 1. The largest absolute Gasteiger partial charge is 0.478 e. The summed E-state index contributed by atoms with van der Waals surface area (Å²) in [5, 5.41) is 9.82. The molecule has 1 heterocycles. The molecule has 2 aromatic rings. The van der Waals surface area contributed by atoms with E-state index in [0.29, 0.717) is 15.9 Å². The number of rotatable bonds is 2. The third kappa shape index (κ3) is 2.05. The van der Waals surface area contributed by atoms with E-state index in [9.17, 15) is 9.59 Å². The van der Waals surface area contributed by atoms with Crippen molar-refractivity contribution in [2.24, 2.45) is 5.73 Å². The summed E-state index contributed by atoms with van der Waals surface area (Å²) in [7, 11) is 0. The number of carboxylic acid groups (broad SMARTS) is 1. The summed E-state index contributed by atoms with van der Waals surface area (Å²) >= 11 is 5.79. The Labute approximate surface area is 101 Å². The lowest BCUT2D eigenvalue weighted by Crippen LogP contribution is -2.14. The van der Waals surface area contributed by atoms with Gasteiger partial charge in [-0.25, -0.2) is 9.78 Å². The topological polar surface area (TPSA) is 93.3 Å². The molecule has 1 aromatic carbocycles. The molecule has 17 heavy (non-hydrogen) atoms. The summed E-state index contributed by atoms with van der Waals surface area (Å²) in [6.45, 7) is 0. The monoisotopic (exact) mass is 250 g/mol. The molecule has 0 aliphatic carbocycles. The highest BCUT2D eigenvalue weighted by molar-refractivity contribution is 6.31. The van der Waals surface area contributed by atoms with Gasteiger partial charge in [-0.1, -0.05) is 11.6 Å². The Kier molecular flexibility index (Phi) is 2.69. The van der Waals surface area contributed by atoms with Crippen molar-refractivity contribution in [3.8, 4) is 0 Å². The lowest BCUT2D eigenvalue weighted by molar-refractivity contribution is 0.0699. The third-order valence-electron chi connectivity index (χ3n) is 2.25. The average Bonchev–Trinajstić information content (AvgIpc) is 2.27. The highest BCUT2D eigenvalue weighted by Crippen LogP contribution is 2.22. The molecule has 0 bridgehead atoms. The number of aromatic carboxylic acids is 1. The molecule has 1 amide bonds. The number of nitrogens with two attached hydrogens (primary N) is 1. The van der Waals surface area contributed by atoms with Gasteiger partial charge in [-0.3, -0.25) is 4.79 Å². The van der Waals surface area contributed by atoms with Gasteiger partial charge in [-0.15, -0.1) is 0 Å².